The van der Waals surface area contributed by atoms with Gasteiger partial charge in [0.25, 0.3) is 0 Å². The van der Waals surface area contributed by atoms with Crippen LogP contribution in [0.25, 0.3) is 0 Å². The molecule has 11 heteroatoms. The van der Waals surface area contributed by atoms with Crippen molar-refractivity contribution >= 4 is 0 Å². The minimum absolute atomic E-state index is 0.0465. The van der Waals surface area contributed by atoms with E-state index >= 15 is 0 Å². The third-order valence-electron chi connectivity index (χ3n) is 3.49. The van der Waals surface area contributed by atoms with Crippen molar-refractivity contribution in [3.05, 3.63) is 64.7 Å². The number of hydrogen-bond donors (Lipinski definition) is 1. The zero-order valence-corrected chi connectivity index (χ0v) is 13.0. The molecule has 2 aromatic rings. The normalized spacial score (nSPS) is 14.1. The van der Waals surface area contributed by atoms with Crippen LogP contribution in [0, 0.1) is 0 Å². The van der Waals surface area contributed by atoms with E-state index in [4.69, 9.17) is 5.73 Å². The molecule has 1 atom stereocenters. The molecule has 0 saturated carbocycles. The zero-order chi connectivity index (χ0) is 20.6. The summed E-state index contributed by atoms with van der Waals surface area (Å²) in [6, 6.07) is 3.11. The van der Waals surface area contributed by atoms with Gasteiger partial charge in [-0.3, -0.25) is 0 Å². The van der Waals surface area contributed by atoms with Gasteiger partial charge in [0, 0.05) is 0 Å². The Balaban J connectivity index is 2.42. The van der Waals surface area contributed by atoms with Gasteiger partial charge in [-0.15, -0.1) is 13.2 Å². The van der Waals surface area contributed by atoms with E-state index in [-0.39, 0.29) is 11.6 Å². The maximum absolute atomic E-state index is 13.2. The minimum Gasteiger partial charge on any atom is -0.406 e. The van der Waals surface area contributed by atoms with Crippen molar-refractivity contribution in [1.29, 1.82) is 0 Å². The summed E-state index contributed by atoms with van der Waals surface area (Å²) in [4.78, 5) is 0. The number of ether oxygens (including phenoxy) is 1. The summed E-state index contributed by atoms with van der Waals surface area (Å²) in [5.74, 6) is -0.623. The molecule has 27 heavy (non-hydrogen) atoms. The molecular formula is C16H10F9NO. The Morgan fingerprint density at radius 1 is 0.741 bits per heavy atom. The van der Waals surface area contributed by atoms with Gasteiger partial charge in [-0.2, -0.15) is 26.3 Å². The summed E-state index contributed by atoms with van der Waals surface area (Å²) in [5.41, 5.74) is 1.92. The average molecular weight is 403 g/mol. The molecule has 0 aliphatic rings. The lowest BCUT2D eigenvalue weighted by atomic mass is 9.93. The molecule has 0 aromatic heterocycles. The van der Waals surface area contributed by atoms with Crippen LogP contribution in [0.4, 0.5) is 39.5 Å². The fraction of sp³-hybridized carbons (Fsp3) is 0.250. The van der Waals surface area contributed by atoms with E-state index in [9.17, 15) is 39.5 Å². The molecule has 0 bridgehead atoms. The Morgan fingerprint density at radius 2 is 1.30 bits per heavy atom. The fourth-order valence-corrected chi connectivity index (χ4v) is 2.31. The molecule has 2 N–H and O–H groups in total. The van der Waals surface area contributed by atoms with Crippen molar-refractivity contribution in [2.75, 3.05) is 0 Å². The first-order chi connectivity index (χ1) is 12.2. The highest BCUT2D eigenvalue weighted by molar-refractivity contribution is 5.42. The molecule has 2 aromatic carbocycles. The van der Waals surface area contributed by atoms with Crippen LogP contribution in [0.2, 0.25) is 0 Å². The van der Waals surface area contributed by atoms with Crippen LogP contribution in [0.15, 0.2) is 42.5 Å². The Hall–Kier alpha value is -2.43. The van der Waals surface area contributed by atoms with Crippen molar-refractivity contribution in [2.24, 2.45) is 5.73 Å². The summed E-state index contributed by atoms with van der Waals surface area (Å²) in [7, 11) is 0. The van der Waals surface area contributed by atoms with Crippen LogP contribution in [0.1, 0.15) is 28.3 Å². The molecule has 148 valence electrons. The topological polar surface area (TPSA) is 35.2 Å². The van der Waals surface area contributed by atoms with E-state index in [1.807, 2.05) is 0 Å². The smallest absolute Gasteiger partial charge is 0.406 e. The number of benzene rings is 2. The van der Waals surface area contributed by atoms with Crippen LogP contribution in [0.3, 0.4) is 0 Å². The Labute approximate surface area is 146 Å². The summed E-state index contributed by atoms with van der Waals surface area (Å²) < 4.78 is 118. The van der Waals surface area contributed by atoms with Crippen molar-refractivity contribution in [3.63, 3.8) is 0 Å². The predicted molar refractivity (Wildman–Crippen MR) is 75.6 cm³/mol. The third kappa shape index (κ3) is 5.28. The van der Waals surface area contributed by atoms with Crippen LogP contribution >= 0.6 is 0 Å². The number of hydrogen-bond acceptors (Lipinski definition) is 2. The molecule has 0 unspecified atom stereocenters. The quantitative estimate of drug-likeness (QED) is 0.671. The van der Waals surface area contributed by atoms with Gasteiger partial charge in [0.15, 0.2) is 0 Å². The first-order valence-corrected chi connectivity index (χ1v) is 7.08. The highest BCUT2D eigenvalue weighted by atomic mass is 19.4. The second kappa shape index (κ2) is 6.95. The zero-order valence-electron chi connectivity index (χ0n) is 13.0. The number of alkyl halides is 9. The largest absolute Gasteiger partial charge is 0.573 e. The second-order valence-electron chi connectivity index (χ2n) is 5.39. The lowest BCUT2D eigenvalue weighted by Crippen LogP contribution is -2.20. The summed E-state index contributed by atoms with van der Waals surface area (Å²) >= 11 is 0. The highest BCUT2D eigenvalue weighted by Gasteiger charge is 2.39. The molecule has 0 aliphatic carbocycles. The van der Waals surface area contributed by atoms with Crippen molar-refractivity contribution in [1.82, 2.24) is 0 Å². The van der Waals surface area contributed by atoms with Crippen LogP contribution in [-0.2, 0) is 12.4 Å². The molecular weight excluding hydrogens is 393 g/mol. The number of rotatable bonds is 3. The molecule has 0 heterocycles. The maximum Gasteiger partial charge on any atom is 0.573 e. The van der Waals surface area contributed by atoms with Crippen LogP contribution in [0.5, 0.6) is 5.75 Å². The highest BCUT2D eigenvalue weighted by Crippen LogP contribution is 2.40. The van der Waals surface area contributed by atoms with E-state index in [0.29, 0.717) is 12.1 Å². The SMILES string of the molecule is N[C@H](c1ccc(OC(F)(F)F)cc1)c1ccc(C(F)(F)F)cc1C(F)(F)F. The Morgan fingerprint density at radius 3 is 1.74 bits per heavy atom. The van der Waals surface area contributed by atoms with Crippen molar-refractivity contribution in [2.45, 2.75) is 24.8 Å². The molecule has 0 radical (unpaired) electrons. The molecule has 2 rings (SSSR count). The molecule has 0 spiro atoms. The summed E-state index contributed by atoms with van der Waals surface area (Å²) in [5, 5.41) is 0. The molecule has 0 amide bonds. The van der Waals surface area contributed by atoms with Gasteiger partial charge in [0.1, 0.15) is 5.75 Å². The van der Waals surface area contributed by atoms with E-state index in [0.717, 1.165) is 24.3 Å². The lowest BCUT2D eigenvalue weighted by molar-refractivity contribution is -0.274. The monoisotopic (exact) mass is 403 g/mol. The summed E-state index contributed by atoms with van der Waals surface area (Å²) in [6.45, 7) is 0. The standard InChI is InChI=1S/C16H10F9NO/c17-14(18,19)9-3-6-11(12(7-9)15(20,21)22)13(26)8-1-4-10(5-2-8)27-16(23,24)25/h1-7,13H,26H2/t13-/m1/s1. The maximum atomic E-state index is 13.2. The van der Waals surface area contributed by atoms with E-state index in [1.54, 1.807) is 0 Å². The second-order valence-corrected chi connectivity index (χ2v) is 5.39. The van der Waals surface area contributed by atoms with E-state index in [1.165, 1.54) is 0 Å². The van der Waals surface area contributed by atoms with Crippen molar-refractivity contribution < 1.29 is 44.3 Å². The average Bonchev–Trinajstić information content (AvgIpc) is 2.51. The van der Waals surface area contributed by atoms with Gasteiger partial charge in [-0.25, -0.2) is 0 Å². The van der Waals surface area contributed by atoms with Gasteiger partial charge in [-0.05, 0) is 35.4 Å². The molecule has 0 aliphatic heterocycles. The summed E-state index contributed by atoms with van der Waals surface area (Å²) in [6.07, 6.45) is -15.1. The first kappa shape index (κ1) is 20.9. The first-order valence-electron chi connectivity index (χ1n) is 7.08. The van der Waals surface area contributed by atoms with E-state index in [2.05, 4.69) is 4.74 Å². The van der Waals surface area contributed by atoms with Gasteiger partial charge in [0.05, 0.1) is 17.2 Å². The van der Waals surface area contributed by atoms with Gasteiger partial charge in [-0.1, -0.05) is 18.2 Å². The third-order valence-corrected chi connectivity index (χ3v) is 3.49. The lowest BCUT2D eigenvalue weighted by Gasteiger charge is -2.20. The molecule has 0 saturated heterocycles. The minimum atomic E-state index is -5.12. The van der Waals surface area contributed by atoms with E-state index < -0.39 is 47.2 Å². The number of nitrogens with two attached hydrogens (primary N) is 1. The van der Waals surface area contributed by atoms with Gasteiger partial charge in [0.2, 0.25) is 0 Å². The van der Waals surface area contributed by atoms with Crippen molar-refractivity contribution in [3.8, 4) is 5.75 Å². The molecule has 0 fully saturated rings. The molecule has 2 nitrogen and oxygen atoms in total. The van der Waals surface area contributed by atoms with Gasteiger partial charge >= 0.3 is 18.7 Å². The van der Waals surface area contributed by atoms with Crippen LogP contribution in [-0.4, -0.2) is 6.36 Å². The Kier molecular flexibility index (Phi) is 5.37. The van der Waals surface area contributed by atoms with Crippen LogP contribution < -0.4 is 10.5 Å². The van der Waals surface area contributed by atoms with Gasteiger partial charge < -0.3 is 10.5 Å². The Bertz CT molecular complexity index is 792. The fourth-order valence-electron chi connectivity index (χ4n) is 2.31. The predicted octanol–water partition coefficient (Wildman–Crippen LogP) is 5.67. The number of halogens is 9.